The zero-order valence-corrected chi connectivity index (χ0v) is 20.8. The minimum Gasteiger partial charge on any atom is -0.480 e. The van der Waals surface area contributed by atoms with Crippen LogP contribution in [0.5, 0.6) is 0 Å². The second kappa shape index (κ2) is 13.4. The van der Waals surface area contributed by atoms with Gasteiger partial charge in [0.2, 0.25) is 5.82 Å². The van der Waals surface area contributed by atoms with Gasteiger partial charge in [-0.3, -0.25) is 4.79 Å². The predicted octanol–water partition coefficient (Wildman–Crippen LogP) is 3.09. The summed E-state index contributed by atoms with van der Waals surface area (Å²) in [6.07, 6.45) is -6.26. The van der Waals surface area contributed by atoms with Crippen molar-refractivity contribution in [3.05, 3.63) is 23.8 Å². The molecule has 40 heavy (non-hydrogen) atoms. The number of alkyl halides is 6. The highest BCUT2D eigenvalue weighted by Gasteiger charge is 2.39. The van der Waals surface area contributed by atoms with Gasteiger partial charge in [0.05, 0.1) is 0 Å². The van der Waals surface area contributed by atoms with Crippen molar-refractivity contribution < 1.29 is 56.0 Å². The van der Waals surface area contributed by atoms with Crippen LogP contribution in [-0.2, 0) is 14.4 Å². The van der Waals surface area contributed by atoms with Gasteiger partial charge >= 0.3 is 30.3 Å². The molecule has 1 aliphatic heterocycles. The number of piperidine rings is 1. The van der Waals surface area contributed by atoms with Crippen molar-refractivity contribution in [2.24, 2.45) is 11.8 Å². The molecular weight excluding hydrogens is 558 g/mol. The lowest BCUT2D eigenvalue weighted by atomic mass is 9.72. The number of halogens is 6. The fourth-order valence-electron chi connectivity index (χ4n) is 4.35. The Bertz CT molecular complexity index is 1140. The molecule has 12 nitrogen and oxygen atoms in total. The summed E-state index contributed by atoms with van der Waals surface area (Å²) in [5.41, 5.74) is 3.11. The van der Waals surface area contributed by atoms with E-state index < -0.39 is 36.3 Å². The fraction of sp³-hybridized carbons (Fsp3) is 0.545. The molecule has 0 bridgehead atoms. The highest BCUT2D eigenvalue weighted by atomic mass is 19.4. The smallest absolute Gasteiger partial charge is 0.480 e. The minimum absolute atomic E-state index is 0.330. The van der Waals surface area contributed by atoms with Crippen LogP contribution in [0.2, 0.25) is 0 Å². The third kappa shape index (κ3) is 9.65. The first-order chi connectivity index (χ1) is 18.5. The molecule has 0 amide bonds. The van der Waals surface area contributed by atoms with Gasteiger partial charge in [0, 0.05) is 17.3 Å². The number of aryl methyl sites for hydroxylation is 1. The van der Waals surface area contributed by atoms with E-state index >= 15 is 0 Å². The molecule has 0 spiro atoms. The van der Waals surface area contributed by atoms with Crippen LogP contribution in [0.1, 0.15) is 31.2 Å². The average molecular weight is 584 g/mol. The molecule has 6 N–H and O–H groups in total. The maximum Gasteiger partial charge on any atom is 0.490 e. The van der Waals surface area contributed by atoms with E-state index in [1.54, 1.807) is 0 Å². The lowest BCUT2D eigenvalue weighted by Gasteiger charge is -2.42. The van der Waals surface area contributed by atoms with Crippen LogP contribution in [0.3, 0.4) is 0 Å². The number of aromatic amines is 1. The molecule has 2 aromatic rings. The number of fused-ring (bicyclic) bond motifs is 1. The zero-order chi connectivity index (χ0) is 30.3. The number of anilines is 1. The number of carboxylic acids is 3. The normalized spacial score (nSPS) is 22.4. The molecule has 4 rings (SSSR count). The third-order valence-electron chi connectivity index (χ3n) is 6.21. The first-order valence-corrected chi connectivity index (χ1v) is 11.7. The second-order valence-corrected chi connectivity index (χ2v) is 9.10. The number of carbonyl (C=O) groups is 3. The van der Waals surface area contributed by atoms with Gasteiger partial charge in [0.1, 0.15) is 6.04 Å². The average Bonchev–Trinajstić information content (AvgIpc) is 3.38. The first kappa shape index (κ1) is 32.3. The highest BCUT2D eigenvalue weighted by Crippen LogP contribution is 2.38. The summed E-state index contributed by atoms with van der Waals surface area (Å²) in [6, 6.07) is 6.08. The molecule has 1 aromatic heterocycles. The topological polar surface area (TPSA) is 190 Å². The van der Waals surface area contributed by atoms with Crippen LogP contribution in [-0.4, -0.2) is 84.8 Å². The number of aliphatic carboxylic acids is 3. The molecule has 18 heteroatoms. The van der Waals surface area contributed by atoms with Gasteiger partial charge in [0.15, 0.2) is 0 Å². The first-order valence-electron chi connectivity index (χ1n) is 11.7. The van der Waals surface area contributed by atoms with Crippen molar-refractivity contribution in [3.63, 3.8) is 0 Å². The minimum atomic E-state index is -5.08. The fourth-order valence-corrected chi connectivity index (χ4v) is 4.35. The number of hydrogen-bond acceptors (Lipinski definition) is 8. The summed E-state index contributed by atoms with van der Waals surface area (Å²) < 4.78 is 63.5. The van der Waals surface area contributed by atoms with E-state index in [4.69, 9.17) is 19.8 Å². The molecule has 1 saturated heterocycles. The summed E-state index contributed by atoms with van der Waals surface area (Å²) >= 11 is 0. The number of hydrogen-bond donors (Lipinski definition) is 6. The Labute approximate surface area is 222 Å². The molecule has 4 atom stereocenters. The van der Waals surface area contributed by atoms with E-state index in [0.717, 1.165) is 37.1 Å². The monoisotopic (exact) mass is 584 g/mol. The lowest BCUT2D eigenvalue weighted by molar-refractivity contribution is -0.193. The molecule has 2 fully saturated rings. The van der Waals surface area contributed by atoms with E-state index in [0.29, 0.717) is 30.1 Å². The lowest BCUT2D eigenvalue weighted by Crippen LogP contribution is -2.50. The molecule has 1 aromatic carbocycles. The molecule has 2 heterocycles. The van der Waals surface area contributed by atoms with Crippen molar-refractivity contribution in [3.8, 4) is 11.4 Å². The van der Waals surface area contributed by atoms with E-state index in [-0.39, 0.29) is 0 Å². The summed E-state index contributed by atoms with van der Waals surface area (Å²) in [6.45, 7) is 2.87. The van der Waals surface area contributed by atoms with Crippen LogP contribution in [0.4, 0.5) is 32.0 Å². The Kier molecular flexibility index (Phi) is 10.8. The summed E-state index contributed by atoms with van der Waals surface area (Å²) in [4.78, 5) is 29.1. The van der Waals surface area contributed by atoms with Crippen LogP contribution in [0.15, 0.2) is 18.2 Å². The predicted molar refractivity (Wildman–Crippen MR) is 124 cm³/mol. The molecular formula is C22H26F6N6O6. The molecule has 222 valence electrons. The molecule has 0 radical (unpaired) electrons. The van der Waals surface area contributed by atoms with Crippen LogP contribution >= 0.6 is 0 Å². The van der Waals surface area contributed by atoms with Crippen molar-refractivity contribution in [1.82, 2.24) is 25.9 Å². The largest absolute Gasteiger partial charge is 0.490 e. The zero-order valence-electron chi connectivity index (χ0n) is 20.8. The molecule has 1 saturated carbocycles. The summed E-state index contributed by atoms with van der Waals surface area (Å²) in [7, 11) is 0. The van der Waals surface area contributed by atoms with Gasteiger partial charge < -0.3 is 26.0 Å². The molecule has 1 aliphatic carbocycles. The summed E-state index contributed by atoms with van der Waals surface area (Å²) in [5.74, 6) is -4.65. The number of rotatable bonds is 4. The van der Waals surface area contributed by atoms with Crippen LogP contribution in [0, 0.1) is 18.8 Å². The van der Waals surface area contributed by atoms with Crippen molar-refractivity contribution in [1.29, 1.82) is 0 Å². The van der Waals surface area contributed by atoms with E-state index in [9.17, 15) is 36.2 Å². The second-order valence-electron chi connectivity index (χ2n) is 9.10. The number of nitrogens with zero attached hydrogens (tertiary/aromatic N) is 3. The Hall–Kier alpha value is -3.96. The number of benzene rings is 1. The highest BCUT2D eigenvalue weighted by molar-refractivity contribution is 5.75. The Morgan fingerprint density at radius 3 is 2.05 bits per heavy atom. The number of carboxylic acid groups (broad SMARTS) is 3. The van der Waals surface area contributed by atoms with E-state index in [1.807, 2.05) is 12.1 Å². The number of tetrazole rings is 1. The maximum absolute atomic E-state index is 11.3. The van der Waals surface area contributed by atoms with E-state index in [1.165, 1.54) is 5.56 Å². The Morgan fingerprint density at radius 2 is 1.55 bits per heavy atom. The van der Waals surface area contributed by atoms with Crippen molar-refractivity contribution >= 4 is 23.6 Å². The van der Waals surface area contributed by atoms with E-state index in [2.05, 4.69) is 44.2 Å². The van der Waals surface area contributed by atoms with Crippen molar-refractivity contribution in [2.75, 3.05) is 11.9 Å². The Balaban J connectivity index is 0.000000333. The number of nitrogens with one attached hydrogen (secondary N) is 3. The van der Waals surface area contributed by atoms with Crippen molar-refractivity contribution in [2.45, 2.75) is 57.0 Å². The molecule has 0 unspecified atom stereocenters. The Morgan fingerprint density at radius 1 is 0.950 bits per heavy atom. The standard InChI is InChI=1S/C18H24N6O2.2C2HF3O2/c1-10-2-5-14(17-21-23-24-22-17)15(6-10)20-13-4-3-11-9-19-16(18(25)26)8-12(11)7-13;2*3-2(4,5)1(6)7/h2,5-6,11-13,16,19-20H,3-4,7-9H2,1H3,(H,25,26)(H,21,22,23,24);2*(H,6,7)/t11-,12+,13-,16-;;/m0../s1. The summed E-state index contributed by atoms with van der Waals surface area (Å²) in [5, 5.41) is 44.8. The SMILES string of the molecule is Cc1ccc(-c2nn[nH]n2)c(N[C@H]2CC[C@H]3CN[C@H](C(=O)O)C[C@H]3C2)c1.O=C(O)C(F)(F)F.O=C(O)C(F)(F)F. The van der Waals surface area contributed by atoms with Gasteiger partial charge in [-0.1, -0.05) is 6.07 Å². The number of H-pyrrole nitrogens is 1. The number of aromatic nitrogens is 4. The van der Waals surface area contributed by atoms with Gasteiger partial charge in [-0.05, 0) is 73.9 Å². The van der Waals surface area contributed by atoms with Gasteiger partial charge in [0.25, 0.3) is 0 Å². The third-order valence-corrected chi connectivity index (χ3v) is 6.21. The van der Waals surface area contributed by atoms with Gasteiger partial charge in [-0.2, -0.15) is 31.6 Å². The van der Waals surface area contributed by atoms with Gasteiger partial charge in [-0.15, -0.1) is 10.2 Å². The van der Waals surface area contributed by atoms with Crippen LogP contribution in [0.25, 0.3) is 11.4 Å². The quantitative estimate of drug-likeness (QED) is 0.290. The van der Waals surface area contributed by atoms with Crippen LogP contribution < -0.4 is 10.6 Å². The maximum atomic E-state index is 11.3. The molecule has 2 aliphatic rings. The van der Waals surface area contributed by atoms with Gasteiger partial charge in [-0.25, -0.2) is 9.59 Å².